The van der Waals surface area contributed by atoms with Crippen LogP contribution in [-0.2, 0) is 11.2 Å². The lowest BCUT2D eigenvalue weighted by Gasteiger charge is -2.10. The zero-order valence-electron chi connectivity index (χ0n) is 18.8. The molecule has 1 amide bonds. The van der Waals surface area contributed by atoms with E-state index < -0.39 is 0 Å². The summed E-state index contributed by atoms with van der Waals surface area (Å²) in [6, 6.07) is 25.1. The van der Waals surface area contributed by atoms with Crippen LogP contribution in [0, 0.1) is 0 Å². The maximum atomic E-state index is 12.7. The van der Waals surface area contributed by atoms with Crippen molar-refractivity contribution >= 4 is 57.3 Å². The van der Waals surface area contributed by atoms with Gasteiger partial charge in [0.15, 0.2) is 16.1 Å². The summed E-state index contributed by atoms with van der Waals surface area (Å²) in [4.78, 5) is 18.0. The number of benzene rings is 3. The van der Waals surface area contributed by atoms with Gasteiger partial charge in [-0.05, 0) is 35.9 Å². The standard InChI is InChI=1S/C26H19Cl2N5OS2/c27-19-11-12-22(28)18(13-19)14-21-15-29-25(36-21)30-23(34)16-35-26-32-31-24(17-7-3-1-4-8-17)33(26)20-9-5-2-6-10-20/h1-13,15H,14,16H2,(H,29,30,34). The van der Waals surface area contributed by atoms with E-state index in [1.807, 2.05) is 71.3 Å². The third kappa shape index (κ3) is 5.79. The number of thioether (sulfide) groups is 1. The van der Waals surface area contributed by atoms with E-state index in [1.54, 1.807) is 18.3 Å². The van der Waals surface area contributed by atoms with E-state index >= 15 is 0 Å². The Labute approximate surface area is 226 Å². The Morgan fingerprint density at radius 3 is 2.50 bits per heavy atom. The summed E-state index contributed by atoms with van der Waals surface area (Å²) >= 11 is 15.1. The van der Waals surface area contributed by atoms with E-state index in [4.69, 9.17) is 23.2 Å². The maximum absolute atomic E-state index is 12.7. The molecule has 0 atom stereocenters. The third-order valence-electron chi connectivity index (χ3n) is 5.18. The number of thiazole rings is 1. The first kappa shape index (κ1) is 24.5. The summed E-state index contributed by atoms with van der Waals surface area (Å²) in [6.45, 7) is 0. The Bertz CT molecular complexity index is 1490. The summed E-state index contributed by atoms with van der Waals surface area (Å²) < 4.78 is 1.96. The van der Waals surface area contributed by atoms with Gasteiger partial charge in [0, 0.05) is 38.8 Å². The molecule has 0 saturated carbocycles. The van der Waals surface area contributed by atoms with Gasteiger partial charge in [0.2, 0.25) is 5.91 Å². The molecule has 0 saturated heterocycles. The average molecular weight is 553 g/mol. The van der Waals surface area contributed by atoms with Crippen LogP contribution in [0.25, 0.3) is 17.1 Å². The van der Waals surface area contributed by atoms with Crippen molar-refractivity contribution in [2.24, 2.45) is 0 Å². The van der Waals surface area contributed by atoms with E-state index in [0.717, 1.165) is 21.7 Å². The number of nitrogens with one attached hydrogen (secondary N) is 1. The van der Waals surface area contributed by atoms with Crippen LogP contribution in [-0.4, -0.2) is 31.4 Å². The highest BCUT2D eigenvalue weighted by Crippen LogP contribution is 2.29. The summed E-state index contributed by atoms with van der Waals surface area (Å²) in [6.07, 6.45) is 2.33. The first-order chi connectivity index (χ1) is 17.6. The molecule has 2 aromatic heterocycles. The molecular formula is C26H19Cl2N5OS2. The van der Waals surface area contributed by atoms with Gasteiger partial charge in [0.05, 0.1) is 5.75 Å². The zero-order chi connectivity index (χ0) is 24.9. The highest BCUT2D eigenvalue weighted by molar-refractivity contribution is 7.99. The molecule has 10 heteroatoms. The van der Waals surface area contributed by atoms with Gasteiger partial charge in [-0.1, -0.05) is 83.5 Å². The van der Waals surface area contributed by atoms with Crippen LogP contribution in [0.15, 0.2) is 90.2 Å². The van der Waals surface area contributed by atoms with Crippen molar-refractivity contribution in [1.82, 2.24) is 19.7 Å². The second kappa shape index (κ2) is 11.3. The SMILES string of the molecule is O=C(CSc1nnc(-c2ccccc2)n1-c1ccccc1)Nc1ncc(Cc2cc(Cl)ccc2Cl)s1. The smallest absolute Gasteiger partial charge is 0.236 e. The second-order valence-electron chi connectivity index (χ2n) is 7.72. The molecule has 180 valence electrons. The lowest BCUT2D eigenvalue weighted by Crippen LogP contribution is -2.14. The molecule has 5 aromatic rings. The minimum atomic E-state index is -0.175. The molecule has 0 aliphatic heterocycles. The van der Waals surface area contributed by atoms with Gasteiger partial charge in [0.25, 0.3) is 0 Å². The molecule has 0 aliphatic rings. The molecule has 2 heterocycles. The molecule has 1 N–H and O–H groups in total. The predicted molar refractivity (Wildman–Crippen MR) is 148 cm³/mol. The number of amides is 1. The van der Waals surface area contributed by atoms with E-state index in [0.29, 0.717) is 32.6 Å². The van der Waals surface area contributed by atoms with Crippen molar-refractivity contribution in [3.63, 3.8) is 0 Å². The van der Waals surface area contributed by atoms with Crippen LogP contribution in [0.2, 0.25) is 10.0 Å². The Hall–Kier alpha value is -3.17. The number of hydrogen-bond acceptors (Lipinski definition) is 6. The lowest BCUT2D eigenvalue weighted by atomic mass is 10.1. The lowest BCUT2D eigenvalue weighted by molar-refractivity contribution is -0.113. The van der Waals surface area contributed by atoms with Crippen LogP contribution < -0.4 is 5.32 Å². The molecule has 0 unspecified atom stereocenters. The first-order valence-corrected chi connectivity index (χ1v) is 13.5. The summed E-state index contributed by atoms with van der Waals surface area (Å²) in [7, 11) is 0. The van der Waals surface area contributed by atoms with Gasteiger partial charge in [-0.25, -0.2) is 4.98 Å². The third-order valence-corrected chi connectivity index (χ3v) is 7.63. The van der Waals surface area contributed by atoms with Gasteiger partial charge >= 0.3 is 0 Å². The van der Waals surface area contributed by atoms with Gasteiger partial charge < -0.3 is 5.32 Å². The molecular weight excluding hydrogens is 533 g/mol. The van der Waals surface area contributed by atoms with E-state index in [1.165, 1.54) is 23.1 Å². The fraction of sp³-hybridized carbons (Fsp3) is 0.0769. The van der Waals surface area contributed by atoms with E-state index in [2.05, 4.69) is 20.5 Å². The highest BCUT2D eigenvalue weighted by Gasteiger charge is 2.17. The number of halogens is 2. The van der Waals surface area contributed by atoms with Crippen LogP contribution in [0.5, 0.6) is 0 Å². The van der Waals surface area contributed by atoms with Crippen LogP contribution in [0.1, 0.15) is 10.4 Å². The van der Waals surface area contributed by atoms with Gasteiger partial charge in [-0.2, -0.15) is 0 Å². The minimum absolute atomic E-state index is 0.161. The number of carbonyl (C=O) groups is 1. The normalized spacial score (nSPS) is 10.9. The summed E-state index contributed by atoms with van der Waals surface area (Å²) in [5.41, 5.74) is 2.78. The number of rotatable bonds is 8. The van der Waals surface area contributed by atoms with Gasteiger partial charge in [-0.3, -0.25) is 9.36 Å². The van der Waals surface area contributed by atoms with Crippen LogP contribution >= 0.6 is 46.3 Å². The van der Waals surface area contributed by atoms with Crippen molar-refractivity contribution < 1.29 is 4.79 Å². The number of carbonyl (C=O) groups excluding carboxylic acids is 1. The number of para-hydroxylation sites is 1. The highest BCUT2D eigenvalue weighted by atomic mass is 35.5. The zero-order valence-corrected chi connectivity index (χ0v) is 21.9. The second-order valence-corrected chi connectivity index (χ2v) is 10.6. The minimum Gasteiger partial charge on any atom is -0.301 e. The fourth-order valence-corrected chi connectivity index (χ4v) is 5.53. The fourth-order valence-electron chi connectivity index (χ4n) is 3.55. The molecule has 0 bridgehead atoms. The number of aromatic nitrogens is 4. The number of hydrogen-bond donors (Lipinski definition) is 1. The maximum Gasteiger partial charge on any atom is 0.236 e. The predicted octanol–water partition coefficient (Wildman–Crippen LogP) is 7.02. The largest absolute Gasteiger partial charge is 0.301 e. The molecule has 6 nitrogen and oxygen atoms in total. The van der Waals surface area contributed by atoms with Crippen LogP contribution in [0.3, 0.4) is 0 Å². The monoisotopic (exact) mass is 551 g/mol. The Kier molecular flexibility index (Phi) is 7.67. The number of anilines is 1. The van der Waals surface area contributed by atoms with Crippen molar-refractivity contribution in [1.29, 1.82) is 0 Å². The van der Waals surface area contributed by atoms with E-state index in [-0.39, 0.29) is 11.7 Å². The molecule has 5 rings (SSSR count). The molecule has 0 radical (unpaired) electrons. The first-order valence-electron chi connectivity index (χ1n) is 10.9. The Morgan fingerprint density at radius 2 is 1.72 bits per heavy atom. The summed E-state index contributed by atoms with van der Waals surface area (Å²) in [5, 5.41) is 14.1. The Morgan fingerprint density at radius 1 is 0.972 bits per heavy atom. The molecule has 36 heavy (non-hydrogen) atoms. The molecule has 0 spiro atoms. The molecule has 0 fully saturated rings. The quantitative estimate of drug-likeness (QED) is 0.210. The average Bonchev–Trinajstić information content (AvgIpc) is 3.53. The van der Waals surface area contributed by atoms with Crippen molar-refractivity contribution in [3.8, 4) is 17.1 Å². The summed E-state index contributed by atoms with van der Waals surface area (Å²) in [5.74, 6) is 0.703. The van der Waals surface area contributed by atoms with Gasteiger partial charge in [-0.15, -0.1) is 21.5 Å². The van der Waals surface area contributed by atoms with Crippen molar-refractivity contribution in [2.45, 2.75) is 11.6 Å². The van der Waals surface area contributed by atoms with Crippen molar-refractivity contribution in [2.75, 3.05) is 11.1 Å². The Balaban J connectivity index is 1.28. The number of nitrogens with zero attached hydrogens (tertiary/aromatic N) is 4. The van der Waals surface area contributed by atoms with Crippen LogP contribution in [0.4, 0.5) is 5.13 Å². The van der Waals surface area contributed by atoms with Gasteiger partial charge in [0.1, 0.15) is 0 Å². The van der Waals surface area contributed by atoms with Crippen molar-refractivity contribution in [3.05, 3.63) is 106 Å². The molecule has 0 aliphatic carbocycles. The molecule has 3 aromatic carbocycles. The topological polar surface area (TPSA) is 72.7 Å². The van der Waals surface area contributed by atoms with E-state index in [9.17, 15) is 4.79 Å².